The lowest BCUT2D eigenvalue weighted by Gasteiger charge is -2.36. The second-order valence-corrected chi connectivity index (χ2v) is 6.86. The molecular weight excluding hydrogens is 264 g/mol. The van der Waals surface area contributed by atoms with Crippen LogP contribution in [0.2, 0.25) is 0 Å². The Labute approximate surface area is 114 Å². The minimum Gasteiger partial charge on any atom is -0.357 e. The molecule has 1 saturated heterocycles. The number of hydrogen-bond donors (Lipinski definition) is 1. The molecular formula is C12H20N4O2S. The summed E-state index contributed by atoms with van der Waals surface area (Å²) in [6.45, 7) is 4.62. The Morgan fingerprint density at radius 3 is 2.53 bits per heavy atom. The van der Waals surface area contributed by atoms with Crippen LogP contribution in [0.1, 0.15) is 26.7 Å². The maximum atomic E-state index is 12.6. The van der Waals surface area contributed by atoms with Gasteiger partial charge in [-0.25, -0.2) is 18.4 Å². The zero-order valence-electron chi connectivity index (χ0n) is 11.5. The van der Waals surface area contributed by atoms with Crippen LogP contribution < -0.4 is 5.32 Å². The third-order valence-electron chi connectivity index (χ3n) is 3.77. The zero-order valence-corrected chi connectivity index (χ0v) is 12.3. The van der Waals surface area contributed by atoms with Gasteiger partial charge in [0.2, 0.25) is 16.0 Å². The van der Waals surface area contributed by atoms with Gasteiger partial charge >= 0.3 is 0 Å². The second kappa shape index (κ2) is 5.42. The fraction of sp³-hybridized carbons (Fsp3) is 0.667. The van der Waals surface area contributed by atoms with Crippen molar-refractivity contribution in [2.24, 2.45) is 5.92 Å². The molecule has 0 aliphatic carbocycles. The summed E-state index contributed by atoms with van der Waals surface area (Å²) in [7, 11) is -1.80. The van der Waals surface area contributed by atoms with E-state index in [2.05, 4.69) is 22.2 Å². The van der Waals surface area contributed by atoms with Crippen LogP contribution in [0, 0.1) is 5.92 Å². The number of nitrogens with zero attached hydrogens (tertiary/aromatic N) is 3. The van der Waals surface area contributed by atoms with Gasteiger partial charge in [-0.05, 0) is 25.7 Å². The molecule has 0 amide bonds. The van der Waals surface area contributed by atoms with Gasteiger partial charge < -0.3 is 5.32 Å². The highest BCUT2D eigenvalue weighted by Gasteiger charge is 2.34. The molecule has 0 aromatic carbocycles. The molecule has 0 spiro atoms. The van der Waals surface area contributed by atoms with Crippen LogP contribution in [0.15, 0.2) is 17.3 Å². The average molecular weight is 284 g/mol. The summed E-state index contributed by atoms with van der Waals surface area (Å²) >= 11 is 0. The summed E-state index contributed by atoms with van der Waals surface area (Å²) in [4.78, 5) is 8.11. The first-order valence-electron chi connectivity index (χ1n) is 6.48. The molecule has 0 bridgehead atoms. The van der Waals surface area contributed by atoms with Crippen molar-refractivity contribution in [2.75, 3.05) is 18.9 Å². The molecule has 2 atom stereocenters. The maximum absolute atomic E-state index is 12.6. The molecule has 0 saturated carbocycles. The first kappa shape index (κ1) is 14.2. The second-order valence-electron chi connectivity index (χ2n) is 4.97. The lowest BCUT2D eigenvalue weighted by Crippen LogP contribution is -2.45. The highest BCUT2D eigenvalue weighted by molar-refractivity contribution is 7.89. The predicted octanol–water partition coefficient (Wildman–Crippen LogP) is 1.33. The fourth-order valence-electron chi connectivity index (χ4n) is 2.35. The minimum absolute atomic E-state index is 0.0164. The molecule has 2 rings (SSSR count). The van der Waals surface area contributed by atoms with Crippen molar-refractivity contribution >= 4 is 16.0 Å². The van der Waals surface area contributed by atoms with Gasteiger partial charge in [-0.3, -0.25) is 0 Å². The number of hydrogen-bond acceptors (Lipinski definition) is 5. The quantitative estimate of drug-likeness (QED) is 0.906. The molecule has 1 aromatic heterocycles. The van der Waals surface area contributed by atoms with E-state index in [0.29, 0.717) is 18.4 Å². The van der Waals surface area contributed by atoms with Crippen LogP contribution in [0.25, 0.3) is 0 Å². The van der Waals surface area contributed by atoms with Crippen molar-refractivity contribution in [1.82, 2.24) is 14.3 Å². The van der Waals surface area contributed by atoms with E-state index in [1.807, 2.05) is 6.92 Å². The topological polar surface area (TPSA) is 75.2 Å². The molecule has 1 aliphatic heterocycles. The van der Waals surface area contributed by atoms with E-state index in [9.17, 15) is 8.42 Å². The molecule has 1 aromatic rings. The van der Waals surface area contributed by atoms with Gasteiger partial charge in [0, 0.05) is 19.6 Å². The van der Waals surface area contributed by atoms with E-state index < -0.39 is 10.0 Å². The van der Waals surface area contributed by atoms with Gasteiger partial charge in [0.25, 0.3) is 0 Å². The lowest BCUT2D eigenvalue weighted by molar-refractivity contribution is 0.202. The van der Waals surface area contributed by atoms with Gasteiger partial charge in [0.1, 0.15) is 4.90 Å². The first-order chi connectivity index (χ1) is 8.96. The minimum atomic E-state index is -3.49. The molecule has 19 heavy (non-hydrogen) atoms. The predicted molar refractivity (Wildman–Crippen MR) is 73.3 cm³/mol. The summed E-state index contributed by atoms with van der Waals surface area (Å²) in [6.07, 6.45) is 4.70. The molecule has 106 valence electrons. The van der Waals surface area contributed by atoms with Crippen LogP contribution in [0.4, 0.5) is 5.95 Å². The molecule has 1 aliphatic rings. The van der Waals surface area contributed by atoms with Crippen LogP contribution in [-0.4, -0.2) is 42.3 Å². The smallest absolute Gasteiger partial charge is 0.246 e. The summed E-state index contributed by atoms with van der Waals surface area (Å²) < 4.78 is 26.7. The average Bonchev–Trinajstić information content (AvgIpc) is 2.41. The van der Waals surface area contributed by atoms with Crippen molar-refractivity contribution in [3.8, 4) is 0 Å². The highest BCUT2D eigenvalue weighted by atomic mass is 32.2. The van der Waals surface area contributed by atoms with Crippen LogP contribution in [0.5, 0.6) is 0 Å². The molecule has 1 fully saturated rings. The SMILES string of the molecule is CNc1ncc(S(=O)(=O)N2CCCC(C)C2C)cn1. The highest BCUT2D eigenvalue weighted by Crippen LogP contribution is 2.28. The Balaban J connectivity index is 2.30. The summed E-state index contributed by atoms with van der Waals surface area (Å²) in [6, 6.07) is 0.0164. The Kier molecular flexibility index (Phi) is 4.05. The Morgan fingerprint density at radius 2 is 1.95 bits per heavy atom. The van der Waals surface area contributed by atoms with E-state index in [1.165, 1.54) is 12.4 Å². The maximum Gasteiger partial charge on any atom is 0.246 e. The summed E-state index contributed by atoms with van der Waals surface area (Å²) in [5.74, 6) is 0.792. The van der Waals surface area contributed by atoms with Crippen molar-refractivity contribution in [3.05, 3.63) is 12.4 Å². The fourth-order valence-corrected chi connectivity index (χ4v) is 4.01. The molecule has 2 unspecified atom stereocenters. The van der Waals surface area contributed by atoms with Gasteiger partial charge in [-0.2, -0.15) is 4.31 Å². The molecule has 0 radical (unpaired) electrons. The number of anilines is 1. The van der Waals surface area contributed by atoms with E-state index in [0.717, 1.165) is 12.8 Å². The largest absolute Gasteiger partial charge is 0.357 e. The van der Waals surface area contributed by atoms with Gasteiger partial charge in [0.15, 0.2) is 0 Å². The standard InChI is InChI=1S/C12H20N4O2S/c1-9-5-4-6-16(10(9)2)19(17,18)11-7-14-12(13-3)15-8-11/h7-10H,4-6H2,1-3H3,(H,13,14,15). The molecule has 2 heterocycles. The van der Waals surface area contributed by atoms with Crippen molar-refractivity contribution in [1.29, 1.82) is 0 Å². The van der Waals surface area contributed by atoms with E-state index in [1.54, 1.807) is 11.4 Å². The summed E-state index contributed by atoms with van der Waals surface area (Å²) in [5, 5.41) is 2.77. The van der Waals surface area contributed by atoms with Crippen molar-refractivity contribution < 1.29 is 8.42 Å². The lowest BCUT2D eigenvalue weighted by atomic mass is 9.94. The van der Waals surface area contributed by atoms with Crippen LogP contribution >= 0.6 is 0 Å². The first-order valence-corrected chi connectivity index (χ1v) is 7.92. The number of piperidine rings is 1. The van der Waals surface area contributed by atoms with Crippen molar-refractivity contribution in [3.63, 3.8) is 0 Å². The van der Waals surface area contributed by atoms with Crippen molar-refractivity contribution in [2.45, 2.75) is 37.6 Å². The Bertz CT molecular complexity index is 529. The Morgan fingerprint density at radius 1 is 1.32 bits per heavy atom. The third-order valence-corrected chi connectivity index (χ3v) is 5.71. The van der Waals surface area contributed by atoms with Gasteiger partial charge in [0.05, 0.1) is 12.4 Å². The molecule has 6 nitrogen and oxygen atoms in total. The number of nitrogens with one attached hydrogen (secondary N) is 1. The molecule has 1 N–H and O–H groups in total. The number of rotatable bonds is 3. The summed E-state index contributed by atoms with van der Waals surface area (Å²) in [5.41, 5.74) is 0. The van der Waals surface area contributed by atoms with Gasteiger partial charge in [-0.15, -0.1) is 0 Å². The Hall–Kier alpha value is -1.21. The zero-order chi connectivity index (χ0) is 14.0. The van der Waals surface area contributed by atoms with Crippen LogP contribution in [-0.2, 0) is 10.0 Å². The van der Waals surface area contributed by atoms with E-state index in [4.69, 9.17) is 0 Å². The van der Waals surface area contributed by atoms with E-state index >= 15 is 0 Å². The van der Waals surface area contributed by atoms with Gasteiger partial charge in [-0.1, -0.05) is 6.92 Å². The normalized spacial score (nSPS) is 25.2. The third kappa shape index (κ3) is 2.71. The number of aromatic nitrogens is 2. The molecule has 7 heteroatoms. The number of sulfonamides is 1. The monoisotopic (exact) mass is 284 g/mol. The van der Waals surface area contributed by atoms with Crippen LogP contribution in [0.3, 0.4) is 0 Å². The van der Waals surface area contributed by atoms with E-state index in [-0.39, 0.29) is 10.9 Å².